The fourth-order valence-corrected chi connectivity index (χ4v) is 5.90. The summed E-state index contributed by atoms with van der Waals surface area (Å²) in [5.41, 5.74) is 3.88. The van der Waals surface area contributed by atoms with E-state index in [0.29, 0.717) is 22.3 Å². The monoisotopic (exact) mass is 444 g/mol. The summed E-state index contributed by atoms with van der Waals surface area (Å²) < 4.78 is 7.43. The molecule has 1 aliphatic rings. The number of hydrogen-bond donors (Lipinski definition) is 0. The smallest absolute Gasteiger partial charge is 0.317 e. The summed E-state index contributed by atoms with van der Waals surface area (Å²) in [6.07, 6.45) is 1.99. The first-order valence-corrected chi connectivity index (χ1v) is 11.6. The van der Waals surface area contributed by atoms with Gasteiger partial charge in [0.2, 0.25) is 0 Å². The van der Waals surface area contributed by atoms with Crippen LogP contribution in [0.2, 0.25) is 0 Å². The van der Waals surface area contributed by atoms with Crippen LogP contribution in [0.3, 0.4) is 0 Å². The average molecular weight is 445 g/mol. The largest absolute Gasteiger partial charge is 0.490 e. The summed E-state index contributed by atoms with van der Waals surface area (Å²) in [6.45, 7) is 8.44. The standard InChI is InChI=1S/C26H24N2O3S/c1-14-9-10-20(31-16-12-26(3,4)13-16)22-18(25(29)28-30)11-19(27-23(14)22)24-15(2)17-7-5-6-8-21(17)32-24/h5-11,16H,12-13H2,1-4H3. The minimum atomic E-state index is -0.804. The molecule has 2 aromatic carbocycles. The van der Waals surface area contributed by atoms with Gasteiger partial charge in [0.05, 0.1) is 33.1 Å². The van der Waals surface area contributed by atoms with Crippen molar-refractivity contribution in [3.8, 4) is 16.3 Å². The number of amides is 1. The molecule has 162 valence electrons. The highest BCUT2D eigenvalue weighted by Gasteiger charge is 2.38. The van der Waals surface area contributed by atoms with E-state index in [1.165, 1.54) is 0 Å². The molecular weight excluding hydrogens is 420 g/mol. The number of ether oxygens (including phenoxy) is 1. The number of aryl methyl sites for hydroxylation is 2. The van der Waals surface area contributed by atoms with Gasteiger partial charge in [0.1, 0.15) is 5.75 Å². The van der Waals surface area contributed by atoms with Crippen LogP contribution in [-0.2, 0) is 0 Å². The Morgan fingerprint density at radius 1 is 1.16 bits per heavy atom. The van der Waals surface area contributed by atoms with E-state index in [0.717, 1.165) is 38.9 Å². The SMILES string of the molecule is Cc1c(-c2cc(C(=O)N=O)c3c(OC4CC(C)(C)C4)ccc(C)c3n2)sc2ccccc12. The molecule has 4 aromatic rings. The highest BCUT2D eigenvalue weighted by molar-refractivity contribution is 7.22. The van der Waals surface area contributed by atoms with Crippen molar-refractivity contribution in [2.24, 2.45) is 10.6 Å². The van der Waals surface area contributed by atoms with Crippen molar-refractivity contribution in [3.63, 3.8) is 0 Å². The second kappa shape index (κ2) is 7.48. The molecule has 1 aliphatic carbocycles. The second-order valence-corrected chi connectivity index (χ2v) is 10.5. The van der Waals surface area contributed by atoms with Crippen molar-refractivity contribution in [2.75, 3.05) is 0 Å². The van der Waals surface area contributed by atoms with Crippen molar-refractivity contribution in [3.05, 3.63) is 64.1 Å². The molecule has 0 saturated heterocycles. The summed E-state index contributed by atoms with van der Waals surface area (Å²) in [6, 6.07) is 13.7. The molecular formula is C26H24N2O3S. The molecule has 0 unspecified atom stereocenters. The number of aromatic nitrogens is 1. The van der Waals surface area contributed by atoms with E-state index in [1.807, 2.05) is 31.2 Å². The molecule has 6 heteroatoms. The lowest BCUT2D eigenvalue weighted by Gasteiger charge is -2.42. The van der Waals surface area contributed by atoms with Crippen LogP contribution in [0.1, 0.15) is 48.2 Å². The number of carbonyl (C=O) groups excluding carboxylic acids is 1. The summed E-state index contributed by atoms with van der Waals surface area (Å²) in [5, 5.41) is 4.48. The number of rotatable bonds is 4. The lowest BCUT2D eigenvalue weighted by molar-refractivity contribution is 0.0115. The number of pyridine rings is 1. The van der Waals surface area contributed by atoms with Crippen LogP contribution in [0.25, 0.3) is 31.6 Å². The van der Waals surface area contributed by atoms with E-state index in [2.05, 4.69) is 38.1 Å². The Labute approximate surface area is 190 Å². The highest BCUT2D eigenvalue weighted by Crippen LogP contribution is 2.44. The van der Waals surface area contributed by atoms with E-state index in [4.69, 9.17) is 9.72 Å². The summed E-state index contributed by atoms with van der Waals surface area (Å²) in [4.78, 5) is 29.9. The molecule has 2 heterocycles. The van der Waals surface area contributed by atoms with Crippen molar-refractivity contribution in [2.45, 2.75) is 46.6 Å². The van der Waals surface area contributed by atoms with E-state index in [1.54, 1.807) is 17.4 Å². The van der Waals surface area contributed by atoms with Gasteiger partial charge in [-0.05, 0) is 66.8 Å². The number of hydrogen-bond acceptors (Lipinski definition) is 5. The molecule has 32 heavy (non-hydrogen) atoms. The summed E-state index contributed by atoms with van der Waals surface area (Å²) in [7, 11) is 0. The third kappa shape index (κ3) is 3.39. The molecule has 0 bridgehead atoms. The van der Waals surface area contributed by atoms with Gasteiger partial charge >= 0.3 is 5.91 Å². The molecule has 0 spiro atoms. The zero-order valence-electron chi connectivity index (χ0n) is 18.6. The van der Waals surface area contributed by atoms with Crippen molar-refractivity contribution in [1.82, 2.24) is 4.98 Å². The number of nitroso groups, excluding NO2 is 1. The third-order valence-electron chi connectivity index (χ3n) is 6.37. The van der Waals surface area contributed by atoms with Crippen molar-refractivity contribution >= 4 is 38.2 Å². The molecule has 5 rings (SSSR count). The van der Waals surface area contributed by atoms with Crippen LogP contribution in [0.5, 0.6) is 5.75 Å². The highest BCUT2D eigenvalue weighted by atomic mass is 32.1. The zero-order valence-corrected chi connectivity index (χ0v) is 19.4. The Balaban J connectivity index is 1.71. The molecule has 0 aliphatic heterocycles. The van der Waals surface area contributed by atoms with Crippen LogP contribution in [0.4, 0.5) is 0 Å². The van der Waals surface area contributed by atoms with Crippen LogP contribution >= 0.6 is 11.3 Å². The first-order valence-electron chi connectivity index (χ1n) is 10.7. The van der Waals surface area contributed by atoms with Gasteiger partial charge < -0.3 is 4.74 Å². The topological polar surface area (TPSA) is 68.6 Å². The zero-order chi connectivity index (χ0) is 22.6. The molecule has 5 nitrogen and oxygen atoms in total. The fraction of sp³-hybridized carbons (Fsp3) is 0.308. The normalized spacial score (nSPS) is 15.6. The minimum absolute atomic E-state index is 0.0903. The summed E-state index contributed by atoms with van der Waals surface area (Å²) in [5.74, 6) is -0.216. The third-order valence-corrected chi connectivity index (χ3v) is 7.66. The predicted molar refractivity (Wildman–Crippen MR) is 130 cm³/mol. The fourth-order valence-electron chi connectivity index (χ4n) is 4.73. The maximum atomic E-state index is 12.6. The van der Waals surface area contributed by atoms with E-state index < -0.39 is 5.91 Å². The van der Waals surface area contributed by atoms with Crippen molar-refractivity contribution < 1.29 is 9.53 Å². The Kier molecular flexibility index (Phi) is 4.86. The number of fused-ring (bicyclic) bond motifs is 2. The maximum Gasteiger partial charge on any atom is 0.317 e. The number of thiophene rings is 1. The van der Waals surface area contributed by atoms with Crippen LogP contribution < -0.4 is 4.74 Å². The Bertz CT molecular complexity index is 1400. The van der Waals surface area contributed by atoms with E-state index in [9.17, 15) is 9.70 Å². The van der Waals surface area contributed by atoms with Gasteiger partial charge in [-0.15, -0.1) is 16.2 Å². The Hall–Kier alpha value is -3.12. The number of nitrogens with zero attached hydrogens (tertiary/aromatic N) is 2. The van der Waals surface area contributed by atoms with Gasteiger partial charge in [0.25, 0.3) is 0 Å². The lowest BCUT2D eigenvalue weighted by atomic mass is 9.70. The maximum absolute atomic E-state index is 12.6. The van der Waals surface area contributed by atoms with Gasteiger partial charge in [-0.3, -0.25) is 4.79 Å². The van der Waals surface area contributed by atoms with Crippen molar-refractivity contribution in [1.29, 1.82) is 0 Å². The molecule has 0 atom stereocenters. The molecule has 1 saturated carbocycles. The second-order valence-electron chi connectivity index (χ2n) is 9.42. The van der Waals surface area contributed by atoms with Gasteiger partial charge in [-0.2, -0.15) is 0 Å². The summed E-state index contributed by atoms with van der Waals surface area (Å²) >= 11 is 1.63. The molecule has 2 aromatic heterocycles. The quantitative estimate of drug-likeness (QED) is 0.312. The molecule has 1 amide bonds. The lowest BCUT2D eigenvalue weighted by Crippen LogP contribution is -2.39. The molecule has 1 fully saturated rings. The van der Waals surface area contributed by atoms with Gasteiger partial charge in [-0.25, -0.2) is 4.98 Å². The number of carbonyl (C=O) groups is 1. The Morgan fingerprint density at radius 3 is 2.59 bits per heavy atom. The van der Waals surface area contributed by atoms with Gasteiger partial charge in [0, 0.05) is 9.88 Å². The van der Waals surface area contributed by atoms with Crippen LogP contribution in [0, 0.1) is 24.2 Å². The first-order chi connectivity index (χ1) is 15.3. The molecule has 0 N–H and O–H groups in total. The van der Waals surface area contributed by atoms with Crippen LogP contribution in [0.15, 0.2) is 47.6 Å². The minimum Gasteiger partial charge on any atom is -0.490 e. The van der Waals surface area contributed by atoms with Gasteiger partial charge in [0.15, 0.2) is 0 Å². The van der Waals surface area contributed by atoms with E-state index in [-0.39, 0.29) is 17.1 Å². The average Bonchev–Trinajstić information content (AvgIpc) is 3.10. The van der Waals surface area contributed by atoms with E-state index >= 15 is 0 Å². The van der Waals surface area contributed by atoms with Gasteiger partial charge in [-0.1, -0.05) is 38.1 Å². The predicted octanol–water partition coefficient (Wildman–Crippen LogP) is 7.21. The first kappa shape index (κ1) is 20.8. The molecule has 0 radical (unpaired) electrons. The van der Waals surface area contributed by atoms with Crippen LogP contribution in [-0.4, -0.2) is 17.0 Å². The Morgan fingerprint density at radius 2 is 1.91 bits per heavy atom. The number of benzene rings is 2.